The molecule has 2 amide bonds. The summed E-state index contributed by atoms with van der Waals surface area (Å²) in [4.78, 5) is 59.5. The Morgan fingerprint density at radius 3 is 2.15 bits per heavy atom. The summed E-state index contributed by atoms with van der Waals surface area (Å²) in [5, 5.41) is 21.0. The molecular weight excluding hydrogens is 610 g/mol. The van der Waals surface area contributed by atoms with Gasteiger partial charge in [-0.3, -0.25) is 39.5 Å². The van der Waals surface area contributed by atoms with E-state index >= 15 is 0 Å². The topological polar surface area (TPSA) is 159 Å². The van der Waals surface area contributed by atoms with Gasteiger partial charge in [0.25, 0.3) is 22.5 Å². The number of rotatable bonds is 10. The molecule has 204 valence electrons. The van der Waals surface area contributed by atoms with E-state index in [0.29, 0.717) is 38.9 Å². The van der Waals surface area contributed by atoms with E-state index in [0.717, 1.165) is 4.90 Å². The number of non-ortho nitro benzene ring substituents is 2. The van der Waals surface area contributed by atoms with Crippen molar-refractivity contribution in [3.8, 4) is 11.5 Å². The molecule has 0 aliphatic carbocycles. The molecule has 0 radical (unpaired) electrons. The SMILES string of the molecule is COc1cc(/C=C2/SC(=O)N(CC(=O)c3ccc([N+](=O)[O-])cc3)C2=O)c(Br)cc1OCc1ccc([N+](=O)[O-])cc1. The molecule has 4 rings (SSSR count). The third-order valence-corrected chi connectivity index (χ3v) is 7.28. The number of ether oxygens (including phenoxy) is 2. The number of imide groups is 1. The van der Waals surface area contributed by atoms with E-state index in [1.807, 2.05) is 0 Å². The Morgan fingerprint density at radius 2 is 1.57 bits per heavy atom. The maximum Gasteiger partial charge on any atom is 0.293 e. The lowest BCUT2D eigenvalue weighted by Crippen LogP contribution is -2.33. The number of ketones is 1. The summed E-state index contributed by atoms with van der Waals surface area (Å²) >= 11 is 4.10. The fourth-order valence-corrected chi connectivity index (χ4v) is 4.86. The van der Waals surface area contributed by atoms with Gasteiger partial charge in [0.05, 0.1) is 28.4 Å². The van der Waals surface area contributed by atoms with Gasteiger partial charge in [0.15, 0.2) is 17.3 Å². The van der Waals surface area contributed by atoms with Crippen molar-refractivity contribution in [1.29, 1.82) is 0 Å². The number of benzene rings is 3. The highest BCUT2D eigenvalue weighted by Crippen LogP contribution is 2.38. The number of hydrogen-bond donors (Lipinski definition) is 0. The van der Waals surface area contributed by atoms with E-state index in [-0.39, 0.29) is 28.5 Å². The summed E-state index contributed by atoms with van der Waals surface area (Å²) in [6.45, 7) is -0.401. The fraction of sp³-hybridized carbons (Fsp3) is 0.115. The van der Waals surface area contributed by atoms with Gasteiger partial charge in [-0.25, -0.2) is 0 Å². The first-order valence-corrected chi connectivity index (χ1v) is 12.9. The summed E-state index contributed by atoms with van der Waals surface area (Å²) in [5.74, 6) is -0.499. The molecular formula is C26H18BrN3O9S. The van der Waals surface area contributed by atoms with Gasteiger partial charge in [-0.05, 0) is 65.4 Å². The largest absolute Gasteiger partial charge is 0.493 e. The maximum atomic E-state index is 12.9. The number of nitro benzene ring substituents is 2. The zero-order chi connectivity index (χ0) is 29.0. The minimum absolute atomic E-state index is 0.0337. The van der Waals surface area contributed by atoms with Crippen LogP contribution in [0.4, 0.5) is 16.2 Å². The number of Topliss-reactive ketones (excluding diaryl/α,β-unsaturated/α-hetero) is 1. The molecule has 0 unspecified atom stereocenters. The monoisotopic (exact) mass is 627 g/mol. The van der Waals surface area contributed by atoms with Crippen LogP contribution in [0.25, 0.3) is 6.08 Å². The van der Waals surface area contributed by atoms with Gasteiger partial charge in [0.1, 0.15) is 6.61 Å². The van der Waals surface area contributed by atoms with Crippen LogP contribution in [-0.4, -0.2) is 45.3 Å². The second-order valence-electron chi connectivity index (χ2n) is 8.23. The van der Waals surface area contributed by atoms with E-state index in [4.69, 9.17) is 9.47 Å². The zero-order valence-corrected chi connectivity index (χ0v) is 23.0. The van der Waals surface area contributed by atoms with Crippen LogP contribution in [-0.2, 0) is 11.4 Å². The van der Waals surface area contributed by atoms with E-state index in [9.17, 15) is 34.6 Å². The molecule has 3 aromatic rings. The molecule has 0 saturated carbocycles. The first-order valence-electron chi connectivity index (χ1n) is 11.3. The second-order valence-corrected chi connectivity index (χ2v) is 10.1. The molecule has 1 aliphatic heterocycles. The van der Waals surface area contributed by atoms with Crippen molar-refractivity contribution in [2.24, 2.45) is 0 Å². The van der Waals surface area contributed by atoms with Crippen molar-refractivity contribution < 1.29 is 33.7 Å². The number of nitrogens with zero attached hydrogens (tertiary/aromatic N) is 3. The quantitative estimate of drug-likeness (QED) is 0.117. The summed E-state index contributed by atoms with van der Waals surface area (Å²) in [6, 6.07) is 14.0. The molecule has 14 heteroatoms. The summed E-state index contributed by atoms with van der Waals surface area (Å²) in [5.41, 5.74) is 1.12. The molecule has 3 aromatic carbocycles. The maximum absolute atomic E-state index is 12.9. The average Bonchev–Trinajstić information content (AvgIpc) is 3.20. The summed E-state index contributed by atoms with van der Waals surface area (Å²) < 4.78 is 11.8. The third-order valence-electron chi connectivity index (χ3n) is 5.69. The van der Waals surface area contributed by atoms with Crippen molar-refractivity contribution in [2.75, 3.05) is 13.7 Å². The predicted molar refractivity (Wildman–Crippen MR) is 148 cm³/mol. The van der Waals surface area contributed by atoms with Gasteiger partial charge in [-0.2, -0.15) is 0 Å². The highest BCUT2D eigenvalue weighted by Gasteiger charge is 2.36. The van der Waals surface area contributed by atoms with Crippen molar-refractivity contribution in [2.45, 2.75) is 6.61 Å². The van der Waals surface area contributed by atoms with E-state index in [1.54, 1.807) is 24.3 Å². The zero-order valence-electron chi connectivity index (χ0n) is 20.6. The smallest absolute Gasteiger partial charge is 0.293 e. The van der Waals surface area contributed by atoms with E-state index in [1.165, 1.54) is 49.6 Å². The van der Waals surface area contributed by atoms with Crippen molar-refractivity contribution in [3.63, 3.8) is 0 Å². The van der Waals surface area contributed by atoms with Gasteiger partial charge >= 0.3 is 0 Å². The van der Waals surface area contributed by atoms with Crippen LogP contribution in [0.1, 0.15) is 21.5 Å². The van der Waals surface area contributed by atoms with Crippen LogP contribution < -0.4 is 9.47 Å². The number of halogens is 1. The Kier molecular flexibility index (Phi) is 8.60. The molecule has 12 nitrogen and oxygen atoms in total. The number of hydrogen-bond acceptors (Lipinski definition) is 10. The predicted octanol–water partition coefficient (Wildman–Crippen LogP) is 5.77. The van der Waals surface area contributed by atoms with Crippen molar-refractivity contribution in [1.82, 2.24) is 4.90 Å². The highest BCUT2D eigenvalue weighted by atomic mass is 79.9. The summed E-state index contributed by atoms with van der Waals surface area (Å²) in [7, 11) is 1.43. The Morgan fingerprint density at radius 1 is 0.975 bits per heavy atom. The van der Waals surface area contributed by atoms with E-state index in [2.05, 4.69) is 15.9 Å². The van der Waals surface area contributed by atoms with Gasteiger partial charge in [0, 0.05) is 34.3 Å². The molecule has 1 heterocycles. The molecule has 0 bridgehead atoms. The lowest BCUT2D eigenvalue weighted by Gasteiger charge is -2.13. The van der Waals surface area contributed by atoms with Crippen LogP contribution >= 0.6 is 27.7 Å². The molecule has 40 heavy (non-hydrogen) atoms. The molecule has 0 atom stereocenters. The highest BCUT2D eigenvalue weighted by molar-refractivity contribution is 9.10. The summed E-state index contributed by atoms with van der Waals surface area (Å²) in [6.07, 6.45) is 1.48. The average molecular weight is 628 g/mol. The van der Waals surface area contributed by atoms with Crippen LogP contribution in [0, 0.1) is 20.2 Å². The minimum atomic E-state index is -0.658. The fourth-order valence-electron chi connectivity index (χ4n) is 3.59. The molecule has 0 spiro atoms. The van der Waals surface area contributed by atoms with Gasteiger partial charge in [-0.1, -0.05) is 15.9 Å². The minimum Gasteiger partial charge on any atom is -0.493 e. The number of carbonyl (C=O) groups is 3. The normalized spacial score (nSPS) is 13.9. The third kappa shape index (κ3) is 6.35. The first-order chi connectivity index (χ1) is 19.1. The lowest BCUT2D eigenvalue weighted by atomic mass is 10.1. The van der Waals surface area contributed by atoms with E-state index < -0.39 is 33.3 Å². The lowest BCUT2D eigenvalue weighted by molar-refractivity contribution is -0.385. The molecule has 0 N–H and O–H groups in total. The Labute approximate surface area is 239 Å². The Hall–Kier alpha value is -4.56. The molecule has 0 aromatic heterocycles. The number of nitro groups is 2. The van der Waals surface area contributed by atoms with Crippen LogP contribution in [0.15, 0.2) is 70.0 Å². The number of carbonyl (C=O) groups excluding carboxylic acids is 3. The second kappa shape index (κ2) is 12.1. The Bertz CT molecular complexity index is 1560. The standard InChI is InChI=1S/C26H18BrN3O9S/c1-38-22-10-17(20(27)12-23(22)39-14-15-2-6-18(7-3-15)29(34)35)11-24-25(32)28(26(33)40-24)13-21(31)16-4-8-19(9-5-16)30(36)37/h2-12H,13-14H2,1H3/b24-11+. The molecule has 1 fully saturated rings. The molecule has 1 saturated heterocycles. The van der Waals surface area contributed by atoms with Crippen molar-refractivity contribution >= 4 is 62.1 Å². The molecule has 1 aliphatic rings. The Balaban J connectivity index is 1.48. The number of amides is 2. The van der Waals surface area contributed by atoms with Gasteiger partial charge < -0.3 is 9.47 Å². The number of methoxy groups -OCH3 is 1. The number of thioether (sulfide) groups is 1. The van der Waals surface area contributed by atoms with Crippen LogP contribution in [0.5, 0.6) is 11.5 Å². The van der Waals surface area contributed by atoms with Crippen LogP contribution in [0.2, 0.25) is 0 Å². The van der Waals surface area contributed by atoms with Crippen LogP contribution in [0.3, 0.4) is 0 Å². The van der Waals surface area contributed by atoms with Crippen molar-refractivity contribution in [3.05, 3.63) is 107 Å². The first kappa shape index (κ1) is 28.4. The van der Waals surface area contributed by atoms with Gasteiger partial charge in [0.2, 0.25) is 0 Å². The van der Waals surface area contributed by atoms with Gasteiger partial charge in [-0.15, -0.1) is 0 Å².